The van der Waals surface area contributed by atoms with Gasteiger partial charge < -0.3 is 5.11 Å². The Labute approximate surface area is 164 Å². The second kappa shape index (κ2) is 8.89. The predicted octanol–water partition coefficient (Wildman–Crippen LogP) is 4.29. The molecule has 0 aromatic heterocycles. The van der Waals surface area contributed by atoms with Crippen molar-refractivity contribution in [1.82, 2.24) is 0 Å². The molecule has 0 aliphatic heterocycles. The summed E-state index contributed by atoms with van der Waals surface area (Å²) in [7, 11) is 0. The fourth-order valence-electron chi connectivity index (χ4n) is 3.70. The second-order valence-electron chi connectivity index (χ2n) is 7.19. The van der Waals surface area contributed by atoms with E-state index in [0.717, 1.165) is 5.56 Å². The first-order valence-electron chi connectivity index (χ1n) is 9.58. The largest absolute Gasteiger partial charge is 0.396 e. The van der Waals surface area contributed by atoms with Crippen molar-refractivity contribution in [3.05, 3.63) is 82.4 Å². The van der Waals surface area contributed by atoms with Crippen LogP contribution in [0.5, 0.6) is 0 Å². The Kier molecular flexibility index (Phi) is 6.32. The van der Waals surface area contributed by atoms with Crippen LogP contribution in [0.1, 0.15) is 64.8 Å². The van der Waals surface area contributed by atoms with Gasteiger partial charge in [0.25, 0.3) is 0 Å². The summed E-state index contributed by atoms with van der Waals surface area (Å²) in [5, 5.41) is 9.61. The molecule has 0 amide bonds. The van der Waals surface area contributed by atoms with Gasteiger partial charge in [-0.3, -0.25) is 14.4 Å². The molecule has 0 spiro atoms. The van der Waals surface area contributed by atoms with Crippen LogP contribution in [-0.2, 0) is 4.79 Å². The van der Waals surface area contributed by atoms with Crippen LogP contribution >= 0.6 is 0 Å². The quantitative estimate of drug-likeness (QED) is 0.746. The van der Waals surface area contributed by atoms with Gasteiger partial charge in [-0.15, -0.1) is 0 Å². The summed E-state index contributed by atoms with van der Waals surface area (Å²) in [4.78, 5) is 37.6. The summed E-state index contributed by atoms with van der Waals surface area (Å²) in [5.41, 5.74) is 2.84. The number of aliphatic hydroxyl groups is 1. The molecular formula is C24H24O4. The number of carbonyl (C=O) groups excluding carboxylic acids is 3. The molecule has 0 unspecified atom stereocenters. The smallest absolute Gasteiger partial charge is 0.190 e. The Morgan fingerprint density at radius 1 is 0.929 bits per heavy atom. The molecule has 4 heteroatoms. The number of fused-ring (bicyclic) bond motifs is 1. The molecule has 0 bridgehead atoms. The van der Waals surface area contributed by atoms with Crippen molar-refractivity contribution in [3.8, 4) is 0 Å². The lowest BCUT2D eigenvalue weighted by molar-refractivity contribution is -0.119. The van der Waals surface area contributed by atoms with Crippen molar-refractivity contribution in [2.24, 2.45) is 0 Å². The first-order chi connectivity index (χ1) is 13.5. The van der Waals surface area contributed by atoms with Gasteiger partial charge in [0, 0.05) is 41.0 Å². The fraction of sp³-hybridized carbons (Fsp3) is 0.292. The maximum absolute atomic E-state index is 12.7. The molecule has 0 radical (unpaired) electrons. The van der Waals surface area contributed by atoms with E-state index in [4.69, 9.17) is 0 Å². The van der Waals surface area contributed by atoms with E-state index in [1.165, 1.54) is 0 Å². The number of aliphatic hydroxyl groups excluding tert-OH is 1. The lowest BCUT2D eigenvalue weighted by Crippen LogP contribution is -2.21. The molecule has 1 aliphatic carbocycles. The summed E-state index contributed by atoms with van der Waals surface area (Å²) in [6.07, 6.45) is 1.52. The van der Waals surface area contributed by atoms with Gasteiger partial charge in [-0.1, -0.05) is 54.6 Å². The first kappa shape index (κ1) is 19.9. The van der Waals surface area contributed by atoms with Gasteiger partial charge in [-0.05, 0) is 25.3 Å². The summed E-state index contributed by atoms with van der Waals surface area (Å²) in [6.45, 7) is 1.61. The highest BCUT2D eigenvalue weighted by Gasteiger charge is 2.29. The zero-order chi connectivity index (χ0) is 20.1. The minimum absolute atomic E-state index is 0.0520. The van der Waals surface area contributed by atoms with Crippen molar-refractivity contribution < 1.29 is 19.5 Å². The van der Waals surface area contributed by atoms with Crippen LogP contribution in [0, 0.1) is 0 Å². The van der Waals surface area contributed by atoms with E-state index in [-0.39, 0.29) is 36.3 Å². The Bertz CT molecular complexity index is 925. The van der Waals surface area contributed by atoms with Crippen LogP contribution in [0.25, 0.3) is 0 Å². The maximum atomic E-state index is 12.7. The van der Waals surface area contributed by atoms with Gasteiger partial charge in [-0.25, -0.2) is 0 Å². The third-order valence-corrected chi connectivity index (χ3v) is 5.33. The third kappa shape index (κ3) is 4.18. The van der Waals surface area contributed by atoms with Crippen LogP contribution < -0.4 is 0 Å². The molecule has 1 aliphatic rings. The Hall–Kier alpha value is -2.85. The zero-order valence-corrected chi connectivity index (χ0v) is 16.0. The molecular weight excluding hydrogens is 352 g/mol. The number of carbonyl (C=O) groups is 3. The number of rotatable bonds is 8. The number of ketones is 3. The third-order valence-electron chi connectivity index (χ3n) is 5.33. The Morgan fingerprint density at radius 2 is 1.54 bits per heavy atom. The topological polar surface area (TPSA) is 71.4 Å². The summed E-state index contributed by atoms with van der Waals surface area (Å²) in [6, 6.07) is 16.4. The fourth-order valence-corrected chi connectivity index (χ4v) is 3.70. The van der Waals surface area contributed by atoms with E-state index in [0.29, 0.717) is 41.5 Å². The molecule has 4 nitrogen and oxygen atoms in total. The van der Waals surface area contributed by atoms with Gasteiger partial charge in [0.15, 0.2) is 11.6 Å². The average Bonchev–Trinajstić information content (AvgIpc) is 2.73. The van der Waals surface area contributed by atoms with E-state index < -0.39 is 0 Å². The predicted molar refractivity (Wildman–Crippen MR) is 108 cm³/mol. The highest BCUT2D eigenvalue weighted by molar-refractivity contribution is 6.26. The van der Waals surface area contributed by atoms with Gasteiger partial charge in [0.05, 0.1) is 6.61 Å². The van der Waals surface area contributed by atoms with Crippen LogP contribution in [-0.4, -0.2) is 29.1 Å². The normalized spacial score (nSPS) is 14.8. The number of allylic oxidation sites excluding steroid dienone is 2. The van der Waals surface area contributed by atoms with Crippen molar-refractivity contribution >= 4 is 17.3 Å². The van der Waals surface area contributed by atoms with E-state index >= 15 is 0 Å². The SMILES string of the molecule is CC1=C(CCCC(=O)C[C@@H](CO)c2ccccc2)C(=O)c2ccccc2C1=O. The molecule has 3 rings (SSSR count). The van der Waals surface area contributed by atoms with E-state index in [1.807, 2.05) is 30.3 Å². The number of hydrogen-bond acceptors (Lipinski definition) is 4. The molecule has 28 heavy (non-hydrogen) atoms. The molecule has 2 aromatic carbocycles. The standard InChI is InChI=1S/C24H24O4/c1-16-20(24(28)22-12-6-5-11-21(22)23(16)27)13-7-10-19(26)14-18(15-25)17-8-3-2-4-9-17/h2-6,8-9,11-12,18,25H,7,10,13-15H2,1H3/t18-/m0/s1. The Balaban J connectivity index is 1.60. The van der Waals surface area contributed by atoms with E-state index in [2.05, 4.69) is 0 Å². The molecule has 1 N–H and O–H groups in total. The van der Waals surface area contributed by atoms with Crippen molar-refractivity contribution in [2.75, 3.05) is 6.61 Å². The molecule has 0 saturated heterocycles. The molecule has 144 valence electrons. The van der Waals surface area contributed by atoms with Crippen molar-refractivity contribution in [1.29, 1.82) is 0 Å². The Morgan fingerprint density at radius 3 is 2.18 bits per heavy atom. The molecule has 0 saturated carbocycles. The lowest BCUT2D eigenvalue weighted by Gasteiger charge is -2.19. The van der Waals surface area contributed by atoms with Crippen molar-refractivity contribution in [3.63, 3.8) is 0 Å². The first-order valence-corrected chi connectivity index (χ1v) is 9.58. The van der Waals surface area contributed by atoms with Gasteiger partial charge in [-0.2, -0.15) is 0 Å². The van der Waals surface area contributed by atoms with E-state index in [1.54, 1.807) is 31.2 Å². The number of benzene rings is 2. The summed E-state index contributed by atoms with van der Waals surface area (Å²) < 4.78 is 0. The van der Waals surface area contributed by atoms with Gasteiger partial charge in [0.1, 0.15) is 5.78 Å². The van der Waals surface area contributed by atoms with Crippen LogP contribution in [0.4, 0.5) is 0 Å². The molecule has 1 atom stereocenters. The molecule has 2 aromatic rings. The van der Waals surface area contributed by atoms with Crippen LogP contribution in [0.15, 0.2) is 65.7 Å². The van der Waals surface area contributed by atoms with Gasteiger partial charge in [0.2, 0.25) is 0 Å². The average molecular weight is 376 g/mol. The number of Topliss-reactive ketones (excluding diaryl/α,β-unsaturated/α-hetero) is 3. The highest BCUT2D eigenvalue weighted by atomic mass is 16.3. The minimum Gasteiger partial charge on any atom is -0.396 e. The summed E-state index contributed by atoms with van der Waals surface area (Å²) >= 11 is 0. The van der Waals surface area contributed by atoms with Crippen molar-refractivity contribution in [2.45, 2.75) is 38.5 Å². The minimum atomic E-state index is -0.209. The molecule has 0 heterocycles. The number of hydrogen-bond donors (Lipinski definition) is 1. The maximum Gasteiger partial charge on any atom is 0.190 e. The molecule has 0 fully saturated rings. The van der Waals surface area contributed by atoms with Crippen LogP contribution in [0.3, 0.4) is 0 Å². The monoisotopic (exact) mass is 376 g/mol. The van der Waals surface area contributed by atoms with Crippen LogP contribution in [0.2, 0.25) is 0 Å². The summed E-state index contributed by atoms with van der Waals surface area (Å²) in [5.74, 6) is -0.380. The van der Waals surface area contributed by atoms with E-state index in [9.17, 15) is 19.5 Å². The highest BCUT2D eigenvalue weighted by Crippen LogP contribution is 2.29. The second-order valence-corrected chi connectivity index (χ2v) is 7.19. The lowest BCUT2D eigenvalue weighted by atomic mass is 9.82. The van der Waals surface area contributed by atoms with Gasteiger partial charge >= 0.3 is 0 Å². The zero-order valence-electron chi connectivity index (χ0n) is 16.0.